The molecule has 1 rings (SSSR count). The van der Waals surface area contributed by atoms with Crippen molar-refractivity contribution in [3.8, 4) is 0 Å². The molecule has 94 valence electrons. The molecule has 0 fully saturated rings. The van der Waals surface area contributed by atoms with Gasteiger partial charge in [-0.25, -0.2) is 0 Å². The highest BCUT2D eigenvalue weighted by atomic mass is 35.5. The smallest absolute Gasteiger partial charge is 0.223 e. The molecule has 1 aromatic carbocycles. The molecule has 4 heteroatoms. The molecular weight excluding hydrogens is 236 g/mol. The van der Waals surface area contributed by atoms with E-state index in [0.29, 0.717) is 18.0 Å². The van der Waals surface area contributed by atoms with E-state index in [0.717, 1.165) is 5.56 Å². The average molecular weight is 255 g/mol. The van der Waals surface area contributed by atoms with Crippen molar-refractivity contribution in [1.29, 1.82) is 0 Å². The first kappa shape index (κ1) is 14.0. The molecular formula is C13H19ClN2O. The molecule has 0 bridgehead atoms. The van der Waals surface area contributed by atoms with Crippen LogP contribution in [0.4, 0.5) is 0 Å². The SMILES string of the molecule is CC(CCN)C(=O)N[C@@H](C)c1ccccc1Cl. The number of benzene rings is 1. The minimum absolute atomic E-state index is 0.0165. The lowest BCUT2D eigenvalue weighted by atomic mass is 10.0. The molecule has 0 aromatic heterocycles. The van der Waals surface area contributed by atoms with Crippen LogP contribution < -0.4 is 11.1 Å². The van der Waals surface area contributed by atoms with Crippen LogP contribution in [0.3, 0.4) is 0 Å². The lowest BCUT2D eigenvalue weighted by molar-refractivity contribution is -0.125. The summed E-state index contributed by atoms with van der Waals surface area (Å²) in [6, 6.07) is 7.44. The summed E-state index contributed by atoms with van der Waals surface area (Å²) >= 11 is 6.07. The Bertz CT molecular complexity index is 381. The van der Waals surface area contributed by atoms with Crippen molar-refractivity contribution in [1.82, 2.24) is 5.32 Å². The number of amides is 1. The summed E-state index contributed by atoms with van der Waals surface area (Å²) in [6.07, 6.45) is 0.696. The molecule has 0 saturated carbocycles. The first-order valence-electron chi connectivity index (χ1n) is 5.81. The maximum atomic E-state index is 11.8. The average Bonchev–Trinajstić information content (AvgIpc) is 2.29. The second kappa shape index (κ2) is 6.62. The summed E-state index contributed by atoms with van der Waals surface area (Å²) in [5.41, 5.74) is 6.36. The number of halogens is 1. The molecule has 0 aliphatic rings. The van der Waals surface area contributed by atoms with Crippen LogP contribution >= 0.6 is 11.6 Å². The second-order valence-corrected chi connectivity index (χ2v) is 4.64. The van der Waals surface area contributed by atoms with Crippen LogP contribution in [0.5, 0.6) is 0 Å². The van der Waals surface area contributed by atoms with Gasteiger partial charge >= 0.3 is 0 Å². The fraction of sp³-hybridized carbons (Fsp3) is 0.462. The Labute approximate surface area is 107 Å². The van der Waals surface area contributed by atoms with Gasteiger partial charge < -0.3 is 11.1 Å². The van der Waals surface area contributed by atoms with Gasteiger partial charge in [0.25, 0.3) is 0 Å². The number of carbonyl (C=O) groups is 1. The third-order valence-corrected chi connectivity index (χ3v) is 3.12. The minimum Gasteiger partial charge on any atom is -0.349 e. The molecule has 0 radical (unpaired) electrons. The molecule has 0 spiro atoms. The number of hydrogen-bond acceptors (Lipinski definition) is 2. The largest absolute Gasteiger partial charge is 0.349 e. The van der Waals surface area contributed by atoms with Gasteiger partial charge in [0.1, 0.15) is 0 Å². The Morgan fingerprint density at radius 2 is 2.06 bits per heavy atom. The van der Waals surface area contributed by atoms with E-state index in [-0.39, 0.29) is 17.9 Å². The summed E-state index contributed by atoms with van der Waals surface area (Å²) < 4.78 is 0. The Morgan fingerprint density at radius 1 is 1.41 bits per heavy atom. The van der Waals surface area contributed by atoms with E-state index in [9.17, 15) is 4.79 Å². The first-order chi connectivity index (χ1) is 8.06. The van der Waals surface area contributed by atoms with Crippen molar-refractivity contribution in [3.05, 3.63) is 34.9 Å². The summed E-state index contributed by atoms with van der Waals surface area (Å²) in [5.74, 6) is -0.0483. The van der Waals surface area contributed by atoms with Crippen LogP contribution in [-0.2, 0) is 4.79 Å². The molecule has 2 atom stereocenters. The summed E-state index contributed by atoms with van der Waals surface area (Å²) in [6.45, 7) is 4.32. The third kappa shape index (κ3) is 4.02. The van der Waals surface area contributed by atoms with E-state index in [1.807, 2.05) is 38.1 Å². The molecule has 1 unspecified atom stereocenters. The molecule has 1 aromatic rings. The standard InChI is InChI=1S/C13H19ClN2O/c1-9(7-8-15)13(17)16-10(2)11-5-3-4-6-12(11)14/h3-6,9-10H,7-8,15H2,1-2H3,(H,16,17)/t9?,10-/m0/s1. The Kier molecular flexibility index (Phi) is 5.45. The van der Waals surface area contributed by atoms with Crippen LogP contribution in [-0.4, -0.2) is 12.5 Å². The maximum Gasteiger partial charge on any atom is 0.223 e. The lowest BCUT2D eigenvalue weighted by Gasteiger charge is -2.18. The van der Waals surface area contributed by atoms with Gasteiger partial charge in [-0.2, -0.15) is 0 Å². The maximum absolute atomic E-state index is 11.8. The highest BCUT2D eigenvalue weighted by Gasteiger charge is 2.16. The van der Waals surface area contributed by atoms with Gasteiger partial charge in [0.15, 0.2) is 0 Å². The topological polar surface area (TPSA) is 55.1 Å². The zero-order valence-corrected chi connectivity index (χ0v) is 11.0. The van der Waals surface area contributed by atoms with Crippen LogP contribution in [0.25, 0.3) is 0 Å². The molecule has 1 amide bonds. The van der Waals surface area contributed by atoms with Crippen LogP contribution in [0.15, 0.2) is 24.3 Å². The normalized spacial score (nSPS) is 14.1. The number of carbonyl (C=O) groups excluding carboxylic acids is 1. The Hall–Kier alpha value is -1.06. The lowest BCUT2D eigenvalue weighted by Crippen LogP contribution is -2.32. The van der Waals surface area contributed by atoms with Gasteiger partial charge in [-0.15, -0.1) is 0 Å². The number of nitrogens with two attached hydrogens (primary N) is 1. The molecule has 17 heavy (non-hydrogen) atoms. The molecule has 0 heterocycles. The quantitative estimate of drug-likeness (QED) is 0.848. The zero-order chi connectivity index (χ0) is 12.8. The second-order valence-electron chi connectivity index (χ2n) is 4.23. The van der Waals surface area contributed by atoms with Gasteiger partial charge in [-0.1, -0.05) is 36.7 Å². The van der Waals surface area contributed by atoms with Crippen LogP contribution in [0, 0.1) is 5.92 Å². The molecule has 3 N–H and O–H groups in total. The van der Waals surface area contributed by atoms with E-state index < -0.39 is 0 Å². The fourth-order valence-corrected chi connectivity index (χ4v) is 1.94. The van der Waals surface area contributed by atoms with Gasteiger partial charge in [0.05, 0.1) is 6.04 Å². The van der Waals surface area contributed by atoms with Gasteiger partial charge in [-0.05, 0) is 31.5 Å². The predicted octanol–water partition coefficient (Wildman–Crippen LogP) is 2.50. The van der Waals surface area contributed by atoms with Crippen molar-refractivity contribution in [2.75, 3.05) is 6.54 Å². The molecule has 0 aliphatic heterocycles. The summed E-state index contributed by atoms with van der Waals surface area (Å²) in [5, 5.41) is 3.62. The summed E-state index contributed by atoms with van der Waals surface area (Å²) in [4.78, 5) is 11.8. The first-order valence-corrected chi connectivity index (χ1v) is 6.19. The van der Waals surface area contributed by atoms with Crippen molar-refractivity contribution >= 4 is 17.5 Å². The van der Waals surface area contributed by atoms with E-state index >= 15 is 0 Å². The van der Waals surface area contributed by atoms with E-state index in [1.165, 1.54) is 0 Å². The van der Waals surface area contributed by atoms with E-state index in [4.69, 9.17) is 17.3 Å². The van der Waals surface area contributed by atoms with Gasteiger partial charge in [0.2, 0.25) is 5.91 Å². The Morgan fingerprint density at radius 3 is 2.65 bits per heavy atom. The highest BCUT2D eigenvalue weighted by Crippen LogP contribution is 2.22. The van der Waals surface area contributed by atoms with Crippen molar-refractivity contribution in [3.63, 3.8) is 0 Å². The van der Waals surface area contributed by atoms with Crippen LogP contribution in [0.2, 0.25) is 5.02 Å². The molecule has 0 saturated heterocycles. The van der Waals surface area contributed by atoms with E-state index in [2.05, 4.69) is 5.32 Å². The zero-order valence-electron chi connectivity index (χ0n) is 10.2. The van der Waals surface area contributed by atoms with Gasteiger partial charge in [-0.3, -0.25) is 4.79 Å². The number of hydrogen-bond donors (Lipinski definition) is 2. The van der Waals surface area contributed by atoms with Gasteiger partial charge in [0, 0.05) is 10.9 Å². The Balaban J connectivity index is 2.63. The van der Waals surface area contributed by atoms with Crippen molar-refractivity contribution in [2.45, 2.75) is 26.3 Å². The number of nitrogens with one attached hydrogen (secondary N) is 1. The highest BCUT2D eigenvalue weighted by molar-refractivity contribution is 6.31. The summed E-state index contributed by atoms with van der Waals surface area (Å²) in [7, 11) is 0. The predicted molar refractivity (Wildman–Crippen MR) is 70.8 cm³/mol. The van der Waals surface area contributed by atoms with Crippen molar-refractivity contribution < 1.29 is 4.79 Å². The van der Waals surface area contributed by atoms with E-state index in [1.54, 1.807) is 0 Å². The van der Waals surface area contributed by atoms with Crippen LogP contribution in [0.1, 0.15) is 31.9 Å². The molecule has 3 nitrogen and oxygen atoms in total. The number of rotatable bonds is 5. The molecule has 0 aliphatic carbocycles. The fourth-order valence-electron chi connectivity index (χ4n) is 1.64. The monoisotopic (exact) mass is 254 g/mol. The third-order valence-electron chi connectivity index (χ3n) is 2.78. The van der Waals surface area contributed by atoms with Crippen molar-refractivity contribution in [2.24, 2.45) is 11.7 Å². The minimum atomic E-state index is -0.0866.